The molecule has 1 aromatic heterocycles. The monoisotopic (exact) mass is 286 g/mol. The number of hydrogen-bond acceptors (Lipinski definition) is 3. The van der Waals surface area contributed by atoms with E-state index in [1.165, 1.54) is 18.5 Å². The summed E-state index contributed by atoms with van der Waals surface area (Å²) in [5, 5.41) is 0. The van der Waals surface area contributed by atoms with Crippen LogP contribution in [0.15, 0.2) is 4.73 Å². The molecule has 5 heteroatoms. The smallest absolute Gasteiger partial charge is 0.311 e. The highest BCUT2D eigenvalue weighted by atomic mass is 79.9. The summed E-state index contributed by atoms with van der Waals surface area (Å²) < 4.78 is 7.93. The Bertz CT molecular complexity index is 401. The molecule has 0 atom stereocenters. The van der Waals surface area contributed by atoms with Gasteiger partial charge in [-0.15, -0.1) is 0 Å². The van der Waals surface area contributed by atoms with Crippen LogP contribution in [0.5, 0.6) is 0 Å². The van der Waals surface area contributed by atoms with E-state index >= 15 is 0 Å². The van der Waals surface area contributed by atoms with Crippen molar-refractivity contribution >= 4 is 21.9 Å². The summed E-state index contributed by atoms with van der Waals surface area (Å²) in [5.41, 5.74) is 2.05. The molecule has 0 aliphatic carbocycles. The quantitative estimate of drug-likeness (QED) is 0.800. The fourth-order valence-corrected chi connectivity index (χ4v) is 2.67. The molecule has 88 valence electrons. The summed E-state index contributed by atoms with van der Waals surface area (Å²) in [4.78, 5) is 15.8. The summed E-state index contributed by atoms with van der Waals surface area (Å²) in [6.07, 6.45) is 3.65. The van der Waals surface area contributed by atoms with E-state index in [1.807, 2.05) is 6.92 Å². The highest BCUT2D eigenvalue weighted by molar-refractivity contribution is 9.10. The molecule has 0 bridgehead atoms. The van der Waals surface area contributed by atoms with Crippen molar-refractivity contribution in [3.05, 3.63) is 16.1 Å². The zero-order chi connectivity index (χ0) is 11.5. The lowest BCUT2D eigenvalue weighted by atomic mass is 10.1. The van der Waals surface area contributed by atoms with Gasteiger partial charge in [-0.3, -0.25) is 4.79 Å². The van der Waals surface area contributed by atoms with Gasteiger partial charge in [-0.25, -0.2) is 4.98 Å². The van der Waals surface area contributed by atoms with E-state index in [9.17, 15) is 4.79 Å². The van der Waals surface area contributed by atoms with Crippen molar-refractivity contribution in [1.29, 1.82) is 0 Å². The Morgan fingerprint density at radius 2 is 2.38 bits per heavy atom. The summed E-state index contributed by atoms with van der Waals surface area (Å²) in [5.74, 6) is -0.193. The molecule has 1 aromatic rings. The zero-order valence-electron chi connectivity index (χ0n) is 9.33. The van der Waals surface area contributed by atoms with E-state index < -0.39 is 0 Å². The second-order valence-electron chi connectivity index (χ2n) is 3.86. The fraction of sp³-hybridized carbons (Fsp3) is 0.636. The van der Waals surface area contributed by atoms with Crippen LogP contribution in [0.25, 0.3) is 0 Å². The third kappa shape index (κ3) is 2.29. The van der Waals surface area contributed by atoms with Crippen LogP contribution in [-0.4, -0.2) is 22.1 Å². The second kappa shape index (κ2) is 4.99. The number of imidazole rings is 1. The molecule has 16 heavy (non-hydrogen) atoms. The molecule has 4 nitrogen and oxygen atoms in total. The number of nitrogens with zero attached hydrogens (tertiary/aromatic N) is 2. The normalized spacial score (nSPS) is 14.6. The predicted molar refractivity (Wildman–Crippen MR) is 63.2 cm³/mol. The number of hydrogen-bond donors (Lipinski definition) is 0. The van der Waals surface area contributed by atoms with E-state index in [2.05, 4.69) is 25.5 Å². The van der Waals surface area contributed by atoms with Gasteiger partial charge in [0.15, 0.2) is 4.73 Å². The fourth-order valence-electron chi connectivity index (χ4n) is 2.06. The molecule has 2 heterocycles. The first kappa shape index (κ1) is 11.6. The van der Waals surface area contributed by atoms with Crippen molar-refractivity contribution in [3.63, 3.8) is 0 Å². The Morgan fingerprint density at radius 3 is 3.12 bits per heavy atom. The van der Waals surface area contributed by atoms with Gasteiger partial charge in [0.05, 0.1) is 18.7 Å². The highest BCUT2D eigenvalue weighted by Crippen LogP contribution is 2.24. The Labute approximate surface area is 103 Å². The average Bonchev–Trinajstić information content (AvgIpc) is 2.57. The standard InChI is InChI=1S/C11H15BrN2O2/c1-2-16-10(15)7-8-9-5-3-4-6-14(9)11(12)13-8/h2-7H2,1H3. The Kier molecular flexibility index (Phi) is 3.63. The number of halogens is 1. The minimum Gasteiger partial charge on any atom is -0.466 e. The van der Waals surface area contributed by atoms with Crippen LogP contribution in [-0.2, 0) is 28.9 Å². The number of carbonyl (C=O) groups is 1. The predicted octanol–water partition coefficient (Wildman–Crippen LogP) is 2.09. The summed E-state index contributed by atoms with van der Waals surface area (Å²) in [7, 11) is 0. The highest BCUT2D eigenvalue weighted by Gasteiger charge is 2.20. The Hall–Kier alpha value is -0.840. The van der Waals surface area contributed by atoms with E-state index in [4.69, 9.17) is 4.74 Å². The second-order valence-corrected chi connectivity index (χ2v) is 4.57. The van der Waals surface area contributed by atoms with Gasteiger partial charge in [0.1, 0.15) is 0 Å². The molecule has 0 amide bonds. The molecule has 0 unspecified atom stereocenters. The van der Waals surface area contributed by atoms with Gasteiger partial charge in [0.25, 0.3) is 0 Å². The van der Waals surface area contributed by atoms with Gasteiger partial charge >= 0.3 is 5.97 Å². The lowest BCUT2D eigenvalue weighted by Crippen LogP contribution is -2.14. The molecule has 0 fully saturated rings. The summed E-state index contributed by atoms with van der Waals surface area (Å²) >= 11 is 3.43. The molecule has 0 saturated heterocycles. The van der Waals surface area contributed by atoms with Crippen LogP contribution in [0.1, 0.15) is 31.2 Å². The Balaban J connectivity index is 2.18. The van der Waals surface area contributed by atoms with Gasteiger partial charge in [0.2, 0.25) is 0 Å². The first-order valence-electron chi connectivity index (χ1n) is 5.61. The summed E-state index contributed by atoms with van der Waals surface area (Å²) in [6, 6.07) is 0. The van der Waals surface area contributed by atoms with E-state index in [0.29, 0.717) is 6.61 Å². The lowest BCUT2D eigenvalue weighted by molar-refractivity contribution is -0.142. The van der Waals surface area contributed by atoms with E-state index in [-0.39, 0.29) is 12.4 Å². The molecule has 0 N–H and O–H groups in total. The maximum absolute atomic E-state index is 11.4. The van der Waals surface area contributed by atoms with Crippen LogP contribution in [0, 0.1) is 0 Å². The van der Waals surface area contributed by atoms with Gasteiger partial charge in [-0.2, -0.15) is 0 Å². The number of esters is 1. The lowest BCUT2D eigenvalue weighted by Gasteiger charge is -2.15. The minimum atomic E-state index is -0.193. The van der Waals surface area contributed by atoms with Gasteiger partial charge in [0, 0.05) is 12.2 Å². The van der Waals surface area contributed by atoms with Crippen LogP contribution in [0.2, 0.25) is 0 Å². The number of fused-ring (bicyclic) bond motifs is 1. The van der Waals surface area contributed by atoms with Crippen molar-refractivity contribution in [2.45, 2.75) is 39.2 Å². The molecule has 0 spiro atoms. The summed E-state index contributed by atoms with van der Waals surface area (Å²) in [6.45, 7) is 3.23. The molecule has 1 aliphatic heterocycles. The molecule has 0 saturated carbocycles. The largest absolute Gasteiger partial charge is 0.466 e. The number of carbonyl (C=O) groups excluding carboxylic acids is 1. The number of aromatic nitrogens is 2. The minimum absolute atomic E-state index is 0.193. The van der Waals surface area contributed by atoms with Crippen molar-refractivity contribution in [1.82, 2.24) is 9.55 Å². The average molecular weight is 287 g/mol. The van der Waals surface area contributed by atoms with Crippen molar-refractivity contribution < 1.29 is 9.53 Å². The molecular formula is C11H15BrN2O2. The van der Waals surface area contributed by atoms with Crippen LogP contribution in [0.4, 0.5) is 0 Å². The molecule has 1 aliphatic rings. The van der Waals surface area contributed by atoms with Crippen molar-refractivity contribution in [2.75, 3.05) is 6.61 Å². The SMILES string of the molecule is CCOC(=O)Cc1nc(Br)n2c1CCCC2. The topological polar surface area (TPSA) is 44.1 Å². The first-order chi connectivity index (χ1) is 7.72. The molecule has 0 aromatic carbocycles. The number of ether oxygens (including phenoxy) is 1. The molecular weight excluding hydrogens is 272 g/mol. The van der Waals surface area contributed by atoms with Crippen molar-refractivity contribution in [2.24, 2.45) is 0 Å². The van der Waals surface area contributed by atoms with E-state index in [0.717, 1.165) is 23.4 Å². The third-order valence-corrected chi connectivity index (χ3v) is 3.38. The Morgan fingerprint density at radius 1 is 1.56 bits per heavy atom. The van der Waals surface area contributed by atoms with Crippen LogP contribution >= 0.6 is 15.9 Å². The first-order valence-corrected chi connectivity index (χ1v) is 6.41. The number of rotatable bonds is 3. The zero-order valence-corrected chi connectivity index (χ0v) is 10.9. The maximum atomic E-state index is 11.4. The van der Waals surface area contributed by atoms with Crippen LogP contribution < -0.4 is 0 Å². The maximum Gasteiger partial charge on any atom is 0.311 e. The van der Waals surface area contributed by atoms with E-state index in [1.54, 1.807) is 0 Å². The van der Waals surface area contributed by atoms with Gasteiger partial charge in [-0.1, -0.05) is 0 Å². The molecule has 0 radical (unpaired) electrons. The van der Waals surface area contributed by atoms with Gasteiger partial charge in [-0.05, 0) is 42.1 Å². The molecule has 2 rings (SSSR count). The van der Waals surface area contributed by atoms with Gasteiger partial charge < -0.3 is 9.30 Å². The third-order valence-electron chi connectivity index (χ3n) is 2.77. The van der Waals surface area contributed by atoms with Crippen LogP contribution in [0.3, 0.4) is 0 Å². The van der Waals surface area contributed by atoms with Crippen molar-refractivity contribution in [3.8, 4) is 0 Å².